The molecule has 3 rings (SSSR count). The number of furan rings is 1. The monoisotopic (exact) mass is 307 g/mol. The Morgan fingerprint density at radius 2 is 2.09 bits per heavy atom. The molecule has 1 amide bonds. The zero-order valence-electron chi connectivity index (χ0n) is 13.0. The van der Waals surface area contributed by atoms with Crippen molar-refractivity contribution >= 4 is 5.91 Å². The Kier molecular flexibility index (Phi) is 5.48. The van der Waals surface area contributed by atoms with Crippen LogP contribution >= 0.6 is 0 Å². The van der Waals surface area contributed by atoms with Crippen LogP contribution in [-0.4, -0.2) is 67.7 Å². The van der Waals surface area contributed by atoms with Crippen molar-refractivity contribution in [3.63, 3.8) is 0 Å². The van der Waals surface area contributed by atoms with Crippen LogP contribution in [0.3, 0.4) is 0 Å². The zero-order chi connectivity index (χ0) is 15.2. The molecule has 0 unspecified atom stereocenters. The third-order valence-electron chi connectivity index (χ3n) is 4.34. The summed E-state index contributed by atoms with van der Waals surface area (Å²) >= 11 is 0. The Labute approximate surface area is 131 Å². The lowest BCUT2D eigenvalue weighted by atomic mass is 10.2. The maximum Gasteiger partial charge on any atom is 0.234 e. The predicted molar refractivity (Wildman–Crippen MR) is 82.4 cm³/mol. The lowest BCUT2D eigenvalue weighted by Gasteiger charge is -2.33. The normalized spacial score (nSPS) is 23.7. The zero-order valence-corrected chi connectivity index (χ0v) is 13.0. The van der Waals surface area contributed by atoms with Crippen LogP contribution in [0.1, 0.15) is 18.6 Å². The van der Waals surface area contributed by atoms with Crippen molar-refractivity contribution in [1.29, 1.82) is 0 Å². The van der Waals surface area contributed by atoms with Crippen LogP contribution in [0.5, 0.6) is 0 Å². The van der Waals surface area contributed by atoms with Gasteiger partial charge in [0.15, 0.2) is 0 Å². The van der Waals surface area contributed by atoms with Gasteiger partial charge in [-0.3, -0.25) is 14.6 Å². The van der Waals surface area contributed by atoms with Crippen LogP contribution in [0.4, 0.5) is 0 Å². The molecule has 2 fully saturated rings. The van der Waals surface area contributed by atoms with Gasteiger partial charge in [-0.15, -0.1) is 0 Å². The number of amides is 1. The smallest absolute Gasteiger partial charge is 0.234 e. The van der Waals surface area contributed by atoms with Gasteiger partial charge in [-0.2, -0.15) is 0 Å². The van der Waals surface area contributed by atoms with Crippen molar-refractivity contribution in [2.24, 2.45) is 0 Å². The number of hydrogen-bond acceptors (Lipinski definition) is 5. The largest absolute Gasteiger partial charge is 0.468 e. The fourth-order valence-corrected chi connectivity index (χ4v) is 3.02. The minimum atomic E-state index is 0.106. The summed E-state index contributed by atoms with van der Waals surface area (Å²) in [5.74, 6) is 1.11. The maximum absolute atomic E-state index is 12.0. The van der Waals surface area contributed by atoms with E-state index in [4.69, 9.17) is 9.15 Å². The Morgan fingerprint density at radius 1 is 1.27 bits per heavy atom. The van der Waals surface area contributed by atoms with Crippen molar-refractivity contribution in [1.82, 2.24) is 15.1 Å². The molecule has 22 heavy (non-hydrogen) atoms. The van der Waals surface area contributed by atoms with Gasteiger partial charge >= 0.3 is 0 Å². The molecule has 1 aromatic rings. The molecule has 6 nitrogen and oxygen atoms in total. The molecule has 1 N–H and O–H groups in total. The van der Waals surface area contributed by atoms with E-state index in [1.54, 1.807) is 6.26 Å². The predicted octanol–water partition coefficient (Wildman–Crippen LogP) is 0.692. The maximum atomic E-state index is 12.0. The van der Waals surface area contributed by atoms with Crippen LogP contribution < -0.4 is 5.32 Å². The summed E-state index contributed by atoms with van der Waals surface area (Å²) in [6.07, 6.45) is 4.10. The summed E-state index contributed by atoms with van der Waals surface area (Å²) in [4.78, 5) is 16.5. The molecular formula is C16H25N3O3. The topological polar surface area (TPSA) is 58.0 Å². The molecule has 2 aliphatic rings. The van der Waals surface area contributed by atoms with E-state index in [2.05, 4.69) is 15.1 Å². The van der Waals surface area contributed by atoms with Gasteiger partial charge in [0.1, 0.15) is 5.76 Å². The number of hydrogen-bond donors (Lipinski definition) is 1. The van der Waals surface area contributed by atoms with E-state index in [-0.39, 0.29) is 12.0 Å². The van der Waals surface area contributed by atoms with E-state index in [0.717, 1.165) is 57.9 Å². The van der Waals surface area contributed by atoms with Gasteiger partial charge in [0.25, 0.3) is 0 Å². The highest BCUT2D eigenvalue weighted by Crippen LogP contribution is 2.11. The Morgan fingerprint density at radius 3 is 2.77 bits per heavy atom. The van der Waals surface area contributed by atoms with Crippen molar-refractivity contribution in [2.45, 2.75) is 25.5 Å². The van der Waals surface area contributed by atoms with Gasteiger partial charge in [-0.25, -0.2) is 0 Å². The minimum Gasteiger partial charge on any atom is -0.468 e. The number of ether oxygens (including phenoxy) is 1. The first kappa shape index (κ1) is 15.5. The first-order valence-corrected chi connectivity index (χ1v) is 8.15. The SMILES string of the molecule is O=C(CN1CCN(Cc2ccco2)CC1)NC[C@H]1CCCO1. The molecule has 0 saturated carbocycles. The summed E-state index contributed by atoms with van der Waals surface area (Å²) in [5.41, 5.74) is 0. The first-order chi connectivity index (χ1) is 10.8. The lowest BCUT2D eigenvalue weighted by molar-refractivity contribution is -0.123. The van der Waals surface area contributed by atoms with Crippen LogP contribution in [0.25, 0.3) is 0 Å². The van der Waals surface area contributed by atoms with Gasteiger partial charge in [-0.1, -0.05) is 0 Å². The summed E-state index contributed by atoms with van der Waals surface area (Å²) in [6, 6.07) is 3.93. The van der Waals surface area contributed by atoms with Crippen LogP contribution in [0, 0.1) is 0 Å². The second-order valence-electron chi connectivity index (χ2n) is 6.07. The molecule has 3 heterocycles. The second-order valence-corrected chi connectivity index (χ2v) is 6.07. The molecule has 2 saturated heterocycles. The van der Waals surface area contributed by atoms with E-state index in [0.29, 0.717) is 13.1 Å². The van der Waals surface area contributed by atoms with E-state index < -0.39 is 0 Å². The quantitative estimate of drug-likeness (QED) is 0.838. The van der Waals surface area contributed by atoms with Crippen LogP contribution in [-0.2, 0) is 16.1 Å². The molecule has 122 valence electrons. The fourth-order valence-electron chi connectivity index (χ4n) is 3.02. The molecule has 0 bridgehead atoms. The van der Waals surface area contributed by atoms with Gasteiger partial charge in [0.05, 0.1) is 25.5 Å². The number of rotatable bonds is 6. The Bertz CT molecular complexity index is 449. The molecule has 0 aromatic carbocycles. The lowest BCUT2D eigenvalue weighted by Crippen LogP contribution is -2.49. The molecule has 1 atom stereocenters. The van der Waals surface area contributed by atoms with Crippen molar-refractivity contribution in [2.75, 3.05) is 45.9 Å². The first-order valence-electron chi connectivity index (χ1n) is 8.15. The molecule has 2 aliphatic heterocycles. The summed E-state index contributed by atoms with van der Waals surface area (Å²) in [7, 11) is 0. The average molecular weight is 307 g/mol. The van der Waals surface area contributed by atoms with Crippen molar-refractivity contribution in [3.8, 4) is 0 Å². The van der Waals surface area contributed by atoms with E-state index in [9.17, 15) is 4.79 Å². The van der Waals surface area contributed by atoms with Gasteiger partial charge in [0, 0.05) is 39.3 Å². The summed E-state index contributed by atoms with van der Waals surface area (Å²) in [6.45, 7) is 6.62. The minimum absolute atomic E-state index is 0.106. The number of carbonyl (C=O) groups excluding carboxylic acids is 1. The van der Waals surface area contributed by atoms with E-state index in [1.165, 1.54) is 0 Å². The van der Waals surface area contributed by atoms with Crippen LogP contribution in [0.15, 0.2) is 22.8 Å². The summed E-state index contributed by atoms with van der Waals surface area (Å²) in [5, 5.41) is 2.99. The molecular weight excluding hydrogens is 282 g/mol. The summed E-state index contributed by atoms with van der Waals surface area (Å²) < 4.78 is 10.9. The van der Waals surface area contributed by atoms with Crippen LogP contribution in [0.2, 0.25) is 0 Å². The molecule has 0 spiro atoms. The highest BCUT2D eigenvalue weighted by Gasteiger charge is 2.21. The highest BCUT2D eigenvalue weighted by atomic mass is 16.5. The van der Waals surface area contributed by atoms with Gasteiger partial charge in [0.2, 0.25) is 5.91 Å². The van der Waals surface area contributed by atoms with Crippen molar-refractivity contribution in [3.05, 3.63) is 24.2 Å². The number of piperazine rings is 1. The Hall–Kier alpha value is -1.37. The third-order valence-corrected chi connectivity index (χ3v) is 4.34. The standard InChI is InChI=1S/C16H25N3O3/c20-16(17-11-14-3-1-9-21-14)13-19-7-5-18(6-8-19)12-15-4-2-10-22-15/h2,4,10,14H,1,3,5-9,11-13H2,(H,17,20)/t14-/m1/s1. The number of carbonyl (C=O) groups is 1. The molecule has 1 aromatic heterocycles. The van der Waals surface area contributed by atoms with Gasteiger partial charge in [-0.05, 0) is 25.0 Å². The number of nitrogens with one attached hydrogen (secondary N) is 1. The molecule has 6 heteroatoms. The second kappa shape index (κ2) is 7.76. The van der Waals surface area contributed by atoms with Gasteiger partial charge < -0.3 is 14.5 Å². The van der Waals surface area contributed by atoms with E-state index in [1.807, 2.05) is 12.1 Å². The molecule has 0 radical (unpaired) electrons. The van der Waals surface area contributed by atoms with Crippen molar-refractivity contribution < 1.29 is 13.9 Å². The van der Waals surface area contributed by atoms with E-state index >= 15 is 0 Å². The highest BCUT2D eigenvalue weighted by molar-refractivity contribution is 5.78. The third kappa shape index (κ3) is 4.56. The molecule has 0 aliphatic carbocycles. The average Bonchev–Trinajstić information content (AvgIpc) is 3.20. The Balaban J connectivity index is 1.32. The number of nitrogens with zero attached hydrogens (tertiary/aromatic N) is 2. The fraction of sp³-hybridized carbons (Fsp3) is 0.688.